The highest BCUT2D eigenvalue weighted by atomic mass is 16.5. The van der Waals surface area contributed by atoms with Crippen molar-refractivity contribution >= 4 is 40.5 Å². The highest BCUT2D eigenvalue weighted by Crippen LogP contribution is 2.42. The number of nitrogens with one attached hydrogen (secondary N) is 3. The number of hydrogen-bond acceptors (Lipinski definition) is 11. The number of aromatic hydroxyl groups is 1. The number of phenolic OH excluding ortho intramolecular Hbond substituents is 1. The Kier molecular flexibility index (Phi) is 13.8. The van der Waals surface area contributed by atoms with Crippen LogP contribution in [0.1, 0.15) is 83.7 Å². The molecule has 6 atom stereocenters. The second-order valence-corrected chi connectivity index (χ2v) is 19.9. The first kappa shape index (κ1) is 47.6. The van der Waals surface area contributed by atoms with Crippen LogP contribution in [0.25, 0.3) is 33.3 Å². The molecular formula is C51H66N8O8. The molecule has 0 spiro atoms. The van der Waals surface area contributed by atoms with Gasteiger partial charge in [-0.1, -0.05) is 39.8 Å². The molecule has 358 valence electrons. The fraction of sp³-hybridized carbons (Fsp3) is 0.529. The number of carbonyl (C=O) groups is 5. The van der Waals surface area contributed by atoms with Gasteiger partial charge in [0, 0.05) is 80.9 Å². The zero-order valence-corrected chi connectivity index (χ0v) is 40.1. The lowest BCUT2D eigenvalue weighted by atomic mass is 9.84. The van der Waals surface area contributed by atoms with Gasteiger partial charge in [-0.15, -0.1) is 0 Å². The molecule has 3 saturated heterocycles. The second-order valence-electron chi connectivity index (χ2n) is 19.9. The lowest BCUT2D eigenvalue weighted by Crippen LogP contribution is -2.62. The number of fused-ring (bicyclic) bond motifs is 7. The molecule has 3 fully saturated rings. The number of cyclic esters (lactones) is 1. The molecule has 0 saturated carbocycles. The molecule has 4 amide bonds. The van der Waals surface area contributed by atoms with Crippen LogP contribution >= 0.6 is 0 Å². The Morgan fingerprint density at radius 3 is 2.61 bits per heavy atom. The van der Waals surface area contributed by atoms with E-state index in [0.717, 1.165) is 44.5 Å². The number of rotatable bonds is 9. The highest BCUT2D eigenvalue weighted by Gasteiger charge is 2.44. The number of hydrogen-bond donors (Lipinski definition) is 4. The summed E-state index contributed by atoms with van der Waals surface area (Å²) in [6, 6.07) is 12.5. The van der Waals surface area contributed by atoms with Gasteiger partial charge in [-0.25, -0.2) is 5.43 Å². The van der Waals surface area contributed by atoms with Crippen molar-refractivity contribution in [2.24, 2.45) is 17.3 Å². The van der Waals surface area contributed by atoms with Crippen molar-refractivity contribution in [1.82, 2.24) is 40.4 Å². The molecule has 4 aliphatic rings. The molecule has 6 heterocycles. The molecule has 2 aromatic carbocycles. The Morgan fingerprint density at radius 1 is 1.09 bits per heavy atom. The number of aryl methyl sites for hydroxylation is 1. The molecule has 4 aliphatic heterocycles. The molecule has 6 bridgehead atoms. The molecular weight excluding hydrogens is 853 g/mol. The summed E-state index contributed by atoms with van der Waals surface area (Å²) in [5.41, 5.74) is 9.57. The molecule has 16 nitrogen and oxygen atoms in total. The standard InChI is InChI=1S/C51H66N8O8/c1-9-57-42-15-14-32-23-38(42)39(46(57)37-12-10-16-53-44(37)30(4)66-8)24-51(5,6)28-67-50(65)40-13-11-17-59(55-40)49(64)41(20-31-18-33(32)22-36(60)19-31)54-47(62)45(29(2)3)56(7)48(63)34-21-35-25-52-26-43(61)58(35)27-34/h10,12,14-16,18-19,22-23,29-30,34-35,40-41,45,52,55,60H,9,11,13,17,20-21,24-28H2,1-8H3,(H,54,62)/t30-,34-,35+,40-,41-,45?/m0/s1. The Bertz CT molecular complexity index is 2550. The molecule has 0 aliphatic carbocycles. The summed E-state index contributed by atoms with van der Waals surface area (Å²) >= 11 is 0. The number of methoxy groups -OCH3 is 1. The van der Waals surface area contributed by atoms with Crippen molar-refractivity contribution in [3.05, 3.63) is 71.5 Å². The topological polar surface area (TPSA) is 188 Å². The number of esters is 1. The lowest BCUT2D eigenvalue weighted by Gasteiger charge is -2.37. The molecule has 4 aromatic rings. The van der Waals surface area contributed by atoms with Crippen molar-refractivity contribution in [3.63, 3.8) is 0 Å². The second kappa shape index (κ2) is 19.4. The SMILES string of the molecule is CCn1c(-c2cccnc2[C@H](C)OC)c2c3cc(ccc31)-c1cc(O)cc(c1)C[C@H](NC(=O)C(C(C)C)N(C)C(=O)[C@H]1C[C@@H]3CNCC(=O)N3C1)C(=O)N1CCC[C@H](N1)C(=O)OCC(C)(C)C2. The Balaban J connectivity index is 1.19. The van der Waals surface area contributed by atoms with Crippen molar-refractivity contribution in [3.8, 4) is 28.1 Å². The van der Waals surface area contributed by atoms with Crippen LogP contribution in [0, 0.1) is 17.3 Å². The largest absolute Gasteiger partial charge is 0.508 e. The van der Waals surface area contributed by atoms with Gasteiger partial charge in [0.25, 0.3) is 5.91 Å². The summed E-state index contributed by atoms with van der Waals surface area (Å²) in [5.74, 6) is -2.55. The minimum absolute atomic E-state index is 0.00433. The van der Waals surface area contributed by atoms with Crippen LogP contribution in [0.2, 0.25) is 0 Å². The van der Waals surface area contributed by atoms with Gasteiger partial charge in [0.1, 0.15) is 23.9 Å². The van der Waals surface area contributed by atoms with Gasteiger partial charge in [-0.2, -0.15) is 0 Å². The quantitative estimate of drug-likeness (QED) is 0.170. The molecule has 1 unspecified atom stereocenters. The van der Waals surface area contributed by atoms with E-state index in [1.807, 2.05) is 39.0 Å². The van der Waals surface area contributed by atoms with Gasteiger partial charge < -0.3 is 39.6 Å². The van der Waals surface area contributed by atoms with Gasteiger partial charge in [0.05, 0.1) is 36.6 Å². The third-order valence-electron chi connectivity index (χ3n) is 14.1. The number of aromatic nitrogens is 2. The summed E-state index contributed by atoms with van der Waals surface area (Å²) < 4.78 is 14.2. The minimum Gasteiger partial charge on any atom is -0.508 e. The number of likely N-dealkylation sites (N-methyl/N-ethyl adjacent to an activating group) is 1. The van der Waals surface area contributed by atoms with Crippen molar-refractivity contribution in [1.29, 1.82) is 0 Å². The third-order valence-corrected chi connectivity index (χ3v) is 14.1. The first-order valence-electron chi connectivity index (χ1n) is 23.8. The number of ether oxygens (including phenoxy) is 2. The van der Waals surface area contributed by atoms with Crippen molar-refractivity contribution in [2.75, 3.05) is 46.9 Å². The Morgan fingerprint density at radius 2 is 1.88 bits per heavy atom. The van der Waals surface area contributed by atoms with E-state index in [1.54, 1.807) is 37.4 Å². The van der Waals surface area contributed by atoms with E-state index in [2.05, 4.69) is 59.6 Å². The molecule has 2 aromatic heterocycles. The average Bonchev–Trinajstić information content (AvgIpc) is 3.88. The molecule has 16 heteroatoms. The smallest absolute Gasteiger partial charge is 0.324 e. The molecule has 67 heavy (non-hydrogen) atoms. The Labute approximate surface area is 392 Å². The first-order valence-corrected chi connectivity index (χ1v) is 23.8. The van der Waals surface area contributed by atoms with E-state index in [1.165, 1.54) is 9.91 Å². The fourth-order valence-electron chi connectivity index (χ4n) is 10.7. The van der Waals surface area contributed by atoms with Gasteiger partial charge in [0.15, 0.2) is 0 Å². The zero-order chi connectivity index (χ0) is 47.9. The van der Waals surface area contributed by atoms with Crippen LogP contribution in [0.3, 0.4) is 0 Å². The number of carbonyl (C=O) groups excluding carboxylic acids is 5. The minimum atomic E-state index is -1.16. The first-order chi connectivity index (χ1) is 32.0. The van der Waals surface area contributed by atoms with E-state index in [0.29, 0.717) is 50.9 Å². The third kappa shape index (κ3) is 9.66. The van der Waals surface area contributed by atoms with E-state index >= 15 is 0 Å². The van der Waals surface area contributed by atoms with Gasteiger partial charge in [0.2, 0.25) is 17.7 Å². The normalized spacial score (nSPS) is 23.1. The van der Waals surface area contributed by atoms with Gasteiger partial charge in [-0.05, 0) is 104 Å². The van der Waals surface area contributed by atoms with Crippen LogP contribution in [0.4, 0.5) is 0 Å². The van der Waals surface area contributed by atoms with Crippen LogP contribution in [0.15, 0.2) is 54.7 Å². The summed E-state index contributed by atoms with van der Waals surface area (Å²) in [4.78, 5) is 78.1. The molecule has 4 N–H and O–H groups in total. The van der Waals surface area contributed by atoms with E-state index < -0.39 is 47.2 Å². The predicted molar refractivity (Wildman–Crippen MR) is 253 cm³/mol. The summed E-state index contributed by atoms with van der Waals surface area (Å²) in [5, 5.41) is 19.9. The van der Waals surface area contributed by atoms with Gasteiger partial charge in [-0.3, -0.25) is 34.0 Å². The van der Waals surface area contributed by atoms with Crippen molar-refractivity contribution < 1.29 is 38.6 Å². The number of phenols is 1. The number of piperazine rings is 1. The van der Waals surface area contributed by atoms with Crippen LogP contribution in [-0.4, -0.2) is 130 Å². The number of nitrogens with zero attached hydrogens (tertiary/aromatic N) is 5. The number of benzene rings is 2. The van der Waals surface area contributed by atoms with Crippen LogP contribution in [-0.2, 0) is 52.8 Å². The van der Waals surface area contributed by atoms with Gasteiger partial charge >= 0.3 is 5.97 Å². The highest BCUT2D eigenvalue weighted by molar-refractivity contribution is 5.96. The number of pyridine rings is 1. The predicted octanol–water partition coefficient (Wildman–Crippen LogP) is 4.75. The van der Waals surface area contributed by atoms with E-state index in [-0.39, 0.29) is 61.7 Å². The van der Waals surface area contributed by atoms with Crippen LogP contribution < -0.4 is 16.1 Å². The Hall–Kier alpha value is -5.84. The molecule has 8 rings (SSSR count). The maximum absolute atomic E-state index is 14.8. The van der Waals surface area contributed by atoms with E-state index in [4.69, 9.17) is 14.5 Å². The lowest BCUT2D eigenvalue weighted by molar-refractivity contribution is -0.155. The summed E-state index contributed by atoms with van der Waals surface area (Å²) in [6.07, 6.45) is 3.48. The fourth-order valence-corrected chi connectivity index (χ4v) is 10.7. The average molecular weight is 919 g/mol. The summed E-state index contributed by atoms with van der Waals surface area (Å²) in [6.45, 7) is 14.1. The number of amides is 4. The monoisotopic (exact) mass is 919 g/mol. The maximum atomic E-state index is 14.8. The van der Waals surface area contributed by atoms with Crippen molar-refractivity contribution in [2.45, 2.75) is 110 Å². The number of hydrazine groups is 1. The summed E-state index contributed by atoms with van der Waals surface area (Å²) in [7, 11) is 3.28. The molecule has 0 radical (unpaired) electrons. The maximum Gasteiger partial charge on any atom is 0.324 e. The van der Waals surface area contributed by atoms with Crippen LogP contribution in [0.5, 0.6) is 5.75 Å². The van der Waals surface area contributed by atoms with E-state index in [9.17, 15) is 29.1 Å². The zero-order valence-electron chi connectivity index (χ0n) is 40.1.